The molecule has 1 aliphatic rings. The summed E-state index contributed by atoms with van der Waals surface area (Å²) in [5, 5.41) is 10.5. The van der Waals surface area contributed by atoms with E-state index in [9.17, 15) is 5.11 Å². The zero-order valence-corrected chi connectivity index (χ0v) is 9.53. The molecule has 15 heavy (non-hydrogen) atoms. The molecule has 0 spiro atoms. The zero-order valence-electron chi connectivity index (χ0n) is 9.53. The lowest BCUT2D eigenvalue weighted by Gasteiger charge is -2.34. The Labute approximate surface area is 91.4 Å². The van der Waals surface area contributed by atoms with Gasteiger partial charge in [-0.25, -0.2) is 0 Å². The van der Waals surface area contributed by atoms with E-state index in [0.717, 1.165) is 17.5 Å². The van der Waals surface area contributed by atoms with Gasteiger partial charge in [-0.1, -0.05) is 19.3 Å². The Morgan fingerprint density at radius 2 is 2.27 bits per heavy atom. The fourth-order valence-corrected chi connectivity index (χ4v) is 2.40. The van der Waals surface area contributed by atoms with Crippen molar-refractivity contribution in [3.05, 3.63) is 29.6 Å². The molecule has 1 unspecified atom stereocenters. The molecule has 0 aromatic carbocycles. The molecule has 82 valence electrons. The van der Waals surface area contributed by atoms with E-state index in [1.165, 1.54) is 19.3 Å². The molecule has 1 N–H and O–H groups in total. The summed E-state index contributed by atoms with van der Waals surface area (Å²) in [4.78, 5) is 4.10. The quantitative estimate of drug-likeness (QED) is 0.823. The minimum Gasteiger partial charge on any atom is -0.385 e. The Bertz CT molecular complexity index is 342. The summed E-state index contributed by atoms with van der Waals surface area (Å²) in [6, 6.07) is 1.96. The van der Waals surface area contributed by atoms with E-state index in [1.54, 1.807) is 12.4 Å². The van der Waals surface area contributed by atoms with Crippen LogP contribution in [0.15, 0.2) is 18.5 Å². The first-order chi connectivity index (χ1) is 7.09. The lowest BCUT2D eigenvalue weighted by atomic mass is 9.75. The molecule has 1 atom stereocenters. The molecule has 0 radical (unpaired) electrons. The van der Waals surface area contributed by atoms with Crippen molar-refractivity contribution < 1.29 is 5.11 Å². The predicted octanol–water partition coefficient (Wildman–Crippen LogP) is 2.79. The van der Waals surface area contributed by atoms with E-state index < -0.39 is 5.60 Å². The van der Waals surface area contributed by atoms with Crippen molar-refractivity contribution in [2.45, 2.75) is 45.1 Å². The predicted molar refractivity (Wildman–Crippen MR) is 60.5 cm³/mol. The van der Waals surface area contributed by atoms with E-state index in [2.05, 4.69) is 4.98 Å². The molecule has 2 nitrogen and oxygen atoms in total. The normalized spacial score (nSPS) is 20.7. The first-order valence-corrected chi connectivity index (χ1v) is 5.73. The number of pyridine rings is 1. The van der Waals surface area contributed by atoms with E-state index in [4.69, 9.17) is 0 Å². The number of hydrogen-bond acceptors (Lipinski definition) is 2. The summed E-state index contributed by atoms with van der Waals surface area (Å²) in [5.74, 6) is 0.708. The third-order valence-corrected chi connectivity index (χ3v) is 3.53. The van der Waals surface area contributed by atoms with Gasteiger partial charge in [-0.3, -0.25) is 4.98 Å². The maximum atomic E-state index is 10.5. The molecule has 1 fully saturated rings. The van der Waals surface area contributed by atoms with Crippen LogP contribution < -0.4 is 0 Å². The number of aromatic nitrogens is 1. The average molecular weight is 205 g/mol. The van der Waals surface area contributed by atoms with Crippen LogP contribution in [-0.4, -0.2) is 10.1 Å². The third-order valence-electron chi connectivity index (χ3n) is 3.53. The number of nitrogens with zero attached hydrogens (tertiary/aromatic N) is 1. The minimum atomic E-state index is -0.705. The largest absolute Gasteiger partial charge is 0.385 e. The van der Waals surface area contributed by atoms with Crippen LogP contribution in [0.3, 0.4) is 0 Å². The van der Waals surface area contributed by atoms with Gasteiger partial charge in [0.2, 0.25) is 0 Å². The van der Waals surface area contributed by atoms with Gasteiger partial charge < -0.3 is 5.11 Å². The van der Waals surface area contributed by atoms with Crippen molar-refractivity contribution in [3.8, 4) is 0 Å². The van der Waals surface area contributed by atoms with Gasteiger partial charge >= 0.3 is 0 Å². The average Bonchev–Trinajstić information content (AvgIpc) is 2.12. The molecule has 2 heteroatoms. The maximum Gasteiger partial charge on any atom is 0.0888 e. The second-order valence-electron chi connectivity index (χ2n) is 4.97. The number of aliphatic hydroxyl groups is 1. The van der Waals surface area contributed by atoms with Gasteiger partial charge in [0.1, 0.15) is 0 Å². The smallest absolute Gasteiger partial charge is 0.0888 e. The van der Waals surface area contributed by atoms with Crippen LogP contribution in [0.5, 0.6) is 0 Å². The van der Waals surface area contributed by atoms with Crippen LogP contribution >= 0.6 is 0 Å². The Hall–Kier alpha value is -0.890. The molecule has 1 aliphatic carbocycles. The van der Waals surface area contributed by atoms with Gasteiger partial charge in [-0.05, 0) is 37.8 Å². The van der Waals surface area contributed by atoms with Crippen molar-refractivity contribution in [1.29, 1.82) is 0 Å². The fraction of sp³-hybridized carbons (Fsp3) is 0.615. The Kier molecular flexibility index (Phi) is 2.79. The molecular formula is C13H19NO. The van der Waals surface area contributed by atoms with Crippen molar-refractivity contribution >= 4 is 0 Å². The Balaban J connectivity index is 2.16. The number of hydrogen-bond donors (Lipinski definition) is 1. The summed E-state index contributed by atoms with van der Waals surface area (Å²) in [5.41, 5.74) is 1.41. The van der Waals surface area contributed by atoms with Gasteiger partial charge in [0.25, 0.3) is 0 Å². The molecule has 2 rings (SSSR count). The molecule has 1 saturated carbocycles. The molecule has 0 aliphatic heterocycles. The van der Waals surface area contributed by atoms with Gasteiger partial charge in [0, 0.05) is 18.0 Å². The molecular weight excluding hydrogens is 186 g/mol. The van der Waals surface area contributed by atoms with Gasteiger partial charge in [-0.15, -0.1) is 0 Å². The van der Waals surface area contributed by atoms with Crippen LogP contribution in [0.1, 0.15) is 43.7 Å². The highest BCUT2D eigenvalue weighted by molar-refractivity contribution is 5.27. The molecule has 0 saturated heterocycles. The third kappa shape index (κ3) is 2.20. The van der Waals surface area contributed by atoms with Gasteiger partial charge in [0.15, 0.2) is 0 Å². The lowest BCUT2D eigenvalue weighted by molar-refractivity contribution is 0.0153. The van der Waals surface area contributed by atoms with Crippen LogP contribution in [-0.2, 0) is 5.60 Å². The zero-order chi connectivity index (χ0) is 10.9. The van der Waals surface area contributed by atoms with Crippen molar-refractivity contribution in [2.75, 3.05) is 0 Å². The lowest BCUT2D eigenvalue weighted by Crippen LogP contribution is -2.28. The van der Waals surface area contributed by atoms with E-state index >= 15 is 0 Å². The Morgan fingerprint density at radius 3 is 2.80 bits per heavy atom. The van der Waals surface area contributed by atoms with Crippen LogP contribution in [0.25, 0.3) is 0 Å². The van der Waals surface area contributed by atoms with Gasteiger partial charge in [0.05, 0.1) is 5.60 Å². The monoisotopic (exact) mass is 205 g/mol. The highest BCUT2D eigenvalue weighted by atomic mass is 16.3. The van der Waals surface area contributed by atoms with Crippen molar-refractivity contribution in [3.63, 3.8) is 0 Å². The fourth-order valence-electron chi connectivity index (χ4n) is 2.40. The van der Waals surface area contributed by atoms with Crippen LogP contribution in [0.4, 0.5) is 0 Å². The second-order valence-corrected chi connectivity index (χ2v) is 4.97. The van der Waals surface area contributed by atoms with Crippen molar-refractivity contribution in [2.24, 2.45) is 5.92 Å². The van der Waals surface area contributed by atoms with Crippen LogP contribution in [0.2, 0.25) is 0 Å². The van der Waals surface area contributed by atoms with E-state index in [-0.39, 0.29) is 0 Å². The number of rotatable bonds is 3. The molecule has 0 amide bonds. The maximum absolute atomic E-state index is 10.5. The first-order valence-electron chi connectivity index (χ1n) is 5.73. The Morgan fingerprint density at radius 1 is 1.53 bits per heavy atom. The summed E-state index contributed by atoms with van der Waals surface area (Å²) < 4.78 is 0. The topological polar surface area (TPSA) is 33.1 Å². The molecule has 0 bridgehead atoms. The second kappa shape index (κ2) is 3.93. The summed E-state index contributed by atoms with van der Waals surface area (Å²) in [7, 11) is 0. The van der Waals surface area contributed by atoms with E-state index in [1.807, 2.05) is 19.9 Å². The molecule has 1 heterocycles. The SMILES string of the molecule is Cc1ccncc1C(C)(O)CC1CCC1. The number of aryl methyl sites for hydroxylation is 1. The summed E-state index contributed by atoms with van der Waals surface area (Å²) >= 11 is 0. The van der Waals surface area contributed by atoms with Crippen molar-refractivity contribution in [1.82, 2.24) is 4.98 Å². The highest BCUT2D eigenvalue weighted by Gasteiger charge is 2.31. The summed E-state index contributed by atoms with van der Waals surface area (Å²) in [6.45, 7) is 3.95. The highest BCUT2D eigenvalue weighted by Crippen LogP contribution is 2.38. The molecule has 1 aromatic heterocycles. The van der Waals surface area contributed by atoms with Gasteiger partial charge in [-0.2, -0.15) is 0 Å². The summed E-state index contributed by atoms with van der Waals surface area (Å²) in [6.07, 6.45) is 8.32. The first kappa shape index (κ1) is 10.6. The van der Waals surface area contributed by atoms with Crippen LogP contribution in [0, 0.1) is 12.8 Å². The standard InChI is InChI=1S/C13H19NO/c1-10-6-7-14-9-12(10)13(2,15)8-11-4-3-5-11/h6-7,9,11,15H,3-5,8H2,1-2H3. The molecule has 1 aromatic rings. The van der Waals surface area contributed by atoms with E-state index in [0.29, 0.717) is 5.92 Å². The minimum absolute atomic E-state index is 0.705.